The third-order valence-electron chi connectivity index (χ3n) is 5.78. The van der Waals surface area contributed by atoms with Crippen LogP contribution in [0.1, 0.15) is 17.4 Å². The summed E-state index contributed by atoms with van der Waals surface area (Å²) >= 11 is 1.80. The van der Waals surface area contributed by atoms with Gasteiger partial charge < -0.3 is 10.3 Å². The van der Waals surface area contributed by atoms with Gasteiger partial charge in [0.15, 0.2) is 5.65 Å². The Balaban J connectivity index is 0.000000764. The molecule has 7 heteroatoms. The summed E-state index contributed by atoms with van der Waals surface area (Å²) in [5.41, 5.74) is 8.07. The molecule has 0 saturated heterocycles. The van der Waals surface area contributed by atoms with E-state index in [1.807, 2.05) is 38.8 Å². The van der Waals surface area contributed by atoms with Crippen molar-refractivity contribution in [3.05, 3.63) is 83.7 Å². The van der Waals surface area contributed by atoms with E-state index in [9.17, 15) is 0 Å². The van der Waals surface area contributed by atoms with E-state index in [1.54, 1.807) is 11.3 Å². The molecule has 6 rings (SSSR count). The Labute approximate surface area is 202 Å². The number of pyridine rings is 2. The lowest BCUT2D eigenvalue weighted by Crippen LogP contribution is -1.89. The van der Waals surface area contributed by atoms with E-state index in [4.69, 9.17) is 0 Å². The van der Waals surface area contributed by atoms with Crippen LogP contribution in [0.5, 0.6) is 0 Å². The maximum atomic E-state index is 4.61. The van der Waals surface area contributed by atoms with E-state index in [2.05, 4.69) is 80.4 Å². The van der Waals surface area contributed by atoms with Crippen LogP contribution in [0.2, 0.25) is 0 Å². The summed E-state index contributed by atoms with van der Waals surface area (Å²) in [4.78, 5) is 15.1. The van der Waals surface area contributed by atoms with Crippen molar-refractivity contribution in [1.82, 2.24) is 30.5 Å². The number of fused-ring (bicyclic) bond motifs is 6. The van der Waals surface area contributed by atoms with Crippen molar-refractivity contribution in [3.8, 4) is 21.8 Å². The molecular weight excluding hydrogens is 440 g/mol. The molecule has 6 nitrogen and oxygen atoms in total. The van der Waals surface area contributed by atoms with E-state index < -0.39 is 0 Å². The number of allylic oxidation sites excluding steroid dienone is 5. The highest BCUT2D eigenvalue weighted by Crippen LogP contribution is 2.37. The second-order valence-electron chi connectivity index (χ2n) is 8.14. The Morgan fingerprint density at radius 3 is 2.76 bits per heavy atom. The third kappa shape index (κ3) is 3.89. The lowest BCUT2D eigenvalue weighted by Gasteiger charge is -2.06. The van der Waals surface area contributed by atoms with Crippen molar-refractivity contribution >= 4 is 38.8 Å². The summed E-state index contributed by atoms with van der Waals surface area (Å²) in [6.07, 6.45) is 12.8. The molecule has 6 heterocycles. The first-order valence-electron chi connectivity index (χ1n) is 11.1. The fraction of sp³-hybridized carbons (Fsp3) is 0.148. The summed E-state index contributed by atoms with van der Waals surface area (Å²) in [5, 5.41) is 12.5. The molecule has 0 radical (unpaired) electrons. The zero-order valence-electron chi connectivity index (χ0n) is 19.4. The first-order chi connectivity index (χ1) is 16.6. The van der Waals surface area contributed by atoms with Crippen LogP contribution in [-0.4, -0.2) is 39.2 Å². The Hall–Kier alpha value is -3.81. The SMILES string of the molecule is C=C/C1=C\C(=C/C)c2cnc3n[nH]c(c3c2)-c2cc3c(cncc3[nH]2)-c2ccc(s2)C1.CNC. The minimum atomic E-state index is 0.700. The number of thiophene rings is 1. The molecule has 0 spiro atoms. The highest BCUT2D eigenvalue weighted by molar-refractivity contribution is 7.15. The molecule has 0 fully saturated rings. The van der Waals surface area contributed by atoms with Crippen LogP contribution < -0.4 is 5.32 Å². The predicted octanol–water partition coefficient (Wildman–Crippen LogP) is 6.14. The summed E-state index contributed by atoms with van der Waals surface area (Å²) < 4.78 is 0. The predicted molar refractivity (Wildman–Crippen MR) is 143 cm³/mol. The van der Waals surface area contributed by atoms with Gasteiger partial charge in [0.1, 0.15) is 0 Å². The number of rotatable bonds is 1. The summed E-state index contributed by atoms with van der Waals surface area (Å²) in [7, 11) is 3.75. The molecule has 0 atom stereocenters. The van der Waals surface area contributed by atoms with E-state index in [-0.39, 0.29) is 0 Å². The molecule has 0 saturated carbocycles. The molecule has 5 aromatic heterocycles. The Morgan fingerprint density at radius 2 is 1.97 bits per heavy atom. The Bertz CT molecular complexity index is 1560. The van der Waals surface area contributed by atoms with Gasteiger partial charge in [0.25, 0.3) is 0 Å². The quantitative estimate of drug-likeness (QED) is 0.277. The van der Waals surface area contributed by atoms with Gasteiger partial charge in [-0.15, -0.1) is 11.3 Å². The molecule has 34 heavy (non-hydrogen) atoms. The Morgan fingerprint density at radius 1 is 1.12 bits per heavy atom. The molecule has 0 aliphatic carbocycles. The van der Waals surface area contributed by atoms with E-state index in [0.29, 0.717) is 5.65 Å². The van der Waals surface area contributed by atoms with Crippen molar-refractivity contribution in [2.24, 2.45) is 0 Å². The van der Waals surface area contributed by atoms with Crippen molar-refractivity contribution in [2.45, 2.75) is 13.3 Å². The van der Waals surface area contributed by atoms with Crippen LogP contribution in [0.15, 0.2) is 73.2 Å². The largest absolute Gasteiger partial charge is 0.352 e. The summed E-state index contributed by atoms with van der Waals surface area (Å²) in [6, 6.07) is 8.72. The topological polar surface area (TPSA) is 82.3 Å². The molecule has 0 amide bonds. The van der Waals surface area contributed by atoms with Crippen LogP contribution in [0.3, 0.4) is 0 Å². The molecular formula is C27H26N6S. The minimum Gasteiger partial charge on any atom is -0.352 e. The van der Waals surface area contributed by atoms with Gasteiger partial charge in [-0.25, -0.2) is 4.98 Å². The second kappa shape index (κ2) is 9.21. The van der Waals surface area contributed by atoms with Crippen molar-refractivity contribution in [3.63, 3.8) is 0 Å². The normalized spacial score (nSPS) is 15.6. The number of hydrogen-bond acceptors (Lipinski definition) is 5. The molecule has 0 unspecified atom stereocenters. The summed E-state index contributed by atoms with van der Waals surface area (Å²) in [6.45, 7) is 6.10. The molecule has 5 aromatic rings. The van der Waals surface area contributed by atoms with Crippen LogP contribution >= 0.6 is 11.3 Å². The lowest BCUT2D eigenvalue weighted by molar-refractivity contribution is 1.02. The molecule has 0 aromatic carbocycles. The zero-order chi connectivity index (χ0) is 23.7. The molecule has 1 aliphatic heterocycles. The van der Waals surface area contributed by atoms with Gasteiger partial charge in [-0.2, -0.15) is 5.10 Å². The average molecular weight is 467 g/mol. The van der Waals surface area contributed by atoms with E-state index in [0.717, 1.165) is 50.8 Å². The number of hydrogen-bond donors (Lipinski definition) is 3. The van der Waals surface area contributed by atoms with Crippen LogP contribution in [0.4, 0.5) is 0 Å². The molecule has 1 aliphatic rings. The number of nitrogens with one attached hydrogen (secondary N) is 3. The second-order valence-corrected chi connectivity index (χ2v) is 9.30. The first kappa shape index (κ1) is 22.0. The fourth-order valence-electron chi connectivity index (χ4n) is 4.18. The average Bonchev–Trinajstić information content (AvgIpc) is 3.58. The third-order valence-corrected chi connectivity index (χ3v) is 6.90. The van der Waals surface area contributed by atoms with Crippen molar-refractivity contribution in [1.29, 1.82) is 0 Å². The first-order valence-corrected chi connectivity index (χ1v) is 11.9. The minimum absolute atomic E-state index is 0.700. The van der Waals surface area contributed by atoms with E-state index >= 15 is 0 Å². The van der Waals surface area contributed by atoms with Crippen LogP contribution in [-0.2, 0) is 6.42 Å². The number of aromatic amines is 2. The smallest absolute Gasteiger partial charge is 0.181 e. The molecule has 170 valence electrons. The fourth-order valence-corrected chi connectivity index (χ4v) is 5.25. The van der Waals surface area contributed by atoms with Gasteiger partial charge in [-0.3, -0.25) is 10.1 Å². The Kier molecular flexibility index (Phi) is 5.96. The highest BCUT2D eigenvalue weighted by atomic mass is 32.1. The molecule has 3 N–H and O–H groups in total. The lowest BCUT2D eigenvalue weighted by atomic mass is 10.0. The maximum absolute atomic E-state index is 4.61. The number of H-pyrrole nitrogens is 2. The monoisotopic (exact) mass is 466 g/mol. The van der Waals surface area contributed by atoms with Crippen molar-refractivity contribution < 1.29 is 0 Å². The van der Waals surface area contributed by atoms with Gasteiger partial charge in [0, 0.05) is 50.5 Å². The van der Waals surface area contributed by atoms with Gasteiger partial charge >= 0.3 is 0 Å². The van der Waals surface area contributed by atoms with Gasteiger partial charge in [0.05, 0.1) is 23.1 Å². The standard InChI is InChI=1S/C25H19N5S.C2H7N/c1-3-14-7-15(4-2)16-9-19-24(29-30-25(19)27-11-16)21-10-18-20(12-26-13-22(18)28-21)23-6-5-17(8-14)31-23;1-3-2/h3-7,9-13,28H,1,8H2,2H3,(H,27,29,30);3H,1-2H3/b14-7+,15-4+;. The van der Waals surface area contributed by atoms with Gasteiger partial charge in [-0.1, -0.05) is 24.8 Å². The highest BCUT2D eigenvalue weighted by Gasteiger charge is 2.16. The maximum Gasteiger partial charge on any atom is 0.181 e. The number of nitrogens with zero attached hydrogens (tertiary/aromatic N) is 3. The van der Waals surface area contributed by atoms with Gasteiger partial charge in [-0.05, 0) is 56.4 Å². The molecule has 6 bridgehead atoms. The van der Waals surface area contributed by atoms with Crippen LogP contribution in [0, 0.1) is 0 Å². The van der Waals surface area contributed by atoms with Crippen molar-refractivity contribution in [2.75, 3.05) is 14.1 Å². The van der Waals surface area contributed by atoms with Gasteiger partial charge in [0.2, 0.25) is 0 Å². The number of aromatic nitrogens is 5. The van der Waals surface area contributed by atoms with E-state index in [1.165, 1.54) is 15.3 Å². The zero-order valence-corrected chi connectivity index (χ0v) is 20.3. The summed E-state index contributed by atoms with van der Waals surface area (Å²) in [5.74, 6) is 0. The van der Waals surface area contributed by atoms with Crippen LogP contribution in [0.25, 0.3) is 49.3 Å².